The van der Waals surface area contributed by atoms with Crippen LogP contribution in [0.25, 0.3) is 0 Å². The Morgan fingerprint density at radius 3 is 2.40 bits per heavy atom. The number of halogens is 1. The maximum Gasteiger partial charge on any atom is 0.167 e. The molecule has 0 saturated heterocycles. The maximum absolute atomic E-state index is 9.25. The second kappa shape index (κ2) is 5.24. The molecule has 0 aliphatic heterocycles. The fourth-order valence-electron chi connectivity index (χ4n) is 1.50. The second-order valence-electron chi connectivity index (χ2n) is 3.08. The van der Waals surface area contributed by atoms with E-state index in [1.165, 1.54) is 7.11 Å². The number of benzene rings is 1. The Morgan fingerprint density at radius 2 is 2.00 bits per heavy atom. The van der Waals surface area contributed by atoms with Crippen LogP contribution in [0.3, 0.4) is 0 Å². The molecule has 4 heteroatoms. The van der Waals surface area contributed by atoms with Crippen molar-refractivity contribution >= 4 is 11.6 Å². The van der Waals surface area contributed by atoms with E-state index in [0.717, 1.165) is 12.0 Å². The highest BCUT2D eigenvalue weighted by Gasteiger charge is 2.16. The van der Waals surface area contributed by atoms with Gasteiger partial charge in [-0.2, -0.15) is 0 Å². The van der Waals surface area contributed by atoms with Gasteiger partial charge in [-0.25, -0.2) is 0 Å². The smallest absolute Gasteiger partial charge is 0.167 e. The summed E-state index contributed by atoms with van der Waals surface area (Å²) in [6.45, 7) is 1.83. The van der Waals surface area contributed by atoms with Crippen LogP contribution in [0.15, 0.2) is 6.07 Å². The number of aliphatic hydroxyl groups excluding tert-OH is 1. The van der Waals surface area contributed by atoms with Crippen LogP contribution in [0.1, 0.15) is 18.1 Å². The molecule has 0 amide bonds. The van der Waals surface area contributed by atoms with Crippen molar-refractivity contribution in [2.24, 2.45) is 0 Å². The van der Waals surface area contributed by atoms with Crippen LogP contribution >= 0.6 is 11.6 Å². The van der Waals surface area contributed by atoms with Crippen LogP contribution < -0.4 is 9.47 Å². The van der Waals surface area contributed by atoms with E-state index in [1.54, 1.807) is 7.11 Å². The lowest BCUT2D eigenvalue weighted by Crippen LogP contribution is -2.00. The largest absolute Gasteiger partial charge is 0.493 e. The number of rotatable bonds is 4. The molecule has 0 aliphatic rings. The molecule has 0 saturated carbocycles. The minimum absolute atomic E-state index is 0.161. The van der Waals surface area contributed by atoms with Crippen molar-refractivity contribution in [1.29, 1.82) is 0 Å². The summed E-state index contributed by atoms with van der Waals surface area (Å²) in [4.78, 5) is 0. The lowest BCUT2D eigenvalue weighted by Gasteiger charge is -2.15. The van der Waals surface area contributed by atoms with Gasteiger partial charge in [-0.3, -0.25) is 0 Å². The quantitative estimate of drug-likeness (QED) is 0.864. The molecule has 0 aliphatic carbocycles. The average molecular weight is 231 g/mol. The summed E-state index contributed by atoms with van der Waals surface area (Å²) in [5, 5.41) is 9.80. The Labute approximate surface area is 94.6 Å². The van der Waals surface area contributed by atoms with Gasteiger partial charge in [0.25, 0.3) is 0 Å². The van der Waals surface area contributed by atoms with Crippen molar-refractivity contribution in [1.82, 2.24) is 0 Å². The van der Waals surface area contributed by atoms with Gasteiger partial charge in [-0.1, -0.05) is 18.5 Å². The van der Waals surface area contributed by atoms with Gasteiger partial charge in [0, 0.05) is 5.56 Å². The van der Waals surface area contributed by atoms with E-state index in [2.05, 4.69) is 0 Å². The lowest BCUT2D eigenvalue weighted by atomic mass is 10.1. The average Bonchev–Trinajstić information content (AvgIpc) is 2.28. The SMILES string of the molecule is CCc1cc(OC)c(OC)c(CO)c1Cl. The molecule has 0 spiro atoms. The standard InChI is InChI=1S/C11H15ClO3/c1-4-7-5-9(14-2)11(15-3)8(6-13)10(7)12/h5,13H,4,6H2,1-3H3. The summed E-state index contributed by atoms with van der Waals surface area (Å²) in [6.07, 6.45) is 0.784. The Bertz CT molecular complexity index is 350. The zero-order chi connectivity index (χ0) is 11.4. The van der Waals surface area contributed by atoms with Crippen molar-refractivity contribution in [3.8, 4) is 11.5 Å². The van der Waals surface area contributed by atoms with E-state index in [9.17, 15) is 5.11 Å². The van der Waals surface area contributed by atoms with E-state index in [1.807, 2.05) is 13.0 Å². The molecule has 1 aromatic carbocycles. The zero-order valence-corrected chi connectivity index (χ0v) is 9.89. The molecule has 0 heterocycles. The number of hydrogen-bond acceptors (Lipinski definition) is 3. The highest BCUT2D eigenvalue weighted by molar-refractivity contribution is 6.32. The molecule has 0 aromatic heterocycles. The number of methoxy groups -OCH3 is 2. The number of hydrogen-bond donors (Lipinski definition) is 1. The van der Waals surface area contributed by atoms with Crippen LogP contribution in [-0.2, 0) is 13.0 Å². The van der Waals surface area contributed by atoms with Crippen LogP contribution in [0.5, 0.6) is 11.5 Å². The molecule has 1 aromatic rings. The molecule has 0 bridgehead atoms. The molecular formula is C11H15ClO3. The monoisotopic (exact) mass is 230 g/mol. The highest BCUT2D eigenvalue weighted by Crippen LogP contribution is 2.38. The van der Waals surface area contributed by atoms with Crippen molar-refractivity contribution < 1.29 is 14.6 Å². The summed E-state index contributed by atoms with van der Waals surface area (Å²) in [5.41, 5.74) is 1.52. The van der Waals surface area contributed by atoms with Gasteiger partial charge in [0.2, 0.25) is 0 Å². The minimum Gasteiger partial charge on any atom is -0.493 e. The van der Waals surface area contributed by atoms with Gasteiger partial charge in [0.05, 0.1) is 25.8 Å². The lowest BCUT2D eigenvalue weighted by molar-refractivity contribution is 0.270. The molecule has 0 atom stereocenters. The van der Waals surface area contributed by atoms with Crippen LogP contribution in [0.4, 0.5) is 0 Å². The zero-order valence-electron chi connectivity index (χ0n) is 9.13. The first-order chi connectivity index (χ1) is 7.19. The molecular weight excluding hydrogens is 216 g/mol. The summed E-state index contributed by atoms with van der Waals surface area (Å²) in [5.74, 6) is 1.10. The molecule has 1 N–H and O–H groups in total. The van der Waals surface area contributed by atoms with Crippen molar-refractivity contribution in [3.05, 3.63) is 22.2 Å². The van der Waals surface area contributed by atoms with E-state index >= 15 is 0 Å². The first kappa shape index (κ1) is 12.1. The third kappa shape index (κ3) is 2.19. The summed E-state index contributed by atoms with van der Waals surface area (Å²) in [7, 11) is 3.09. The van der Waals surface area contributed by atoms with Gasteiger partial charge < -0.3 is 14.6 Å². The normalized spacial score (nSPS) is 10.2. The van der Waals surface area contributed by atoms with Crippen LogP contribution in [0.2, 0.25) is 5.02 Å². The van der Waals surface area contributed by atoms with E-state index < -0.39 is 0 Å². The minimum atomic E-state index is -0.161. The van der Waals surface area contributed by atoms with Crippen molar-refractivity contribution in [3.63, 3.8) is 0 Å². The third-order valence-corrected chi connectivity index (χ3v) is 2.78. The summed E-state index contributed by atoms with van der Waals surface area (Å²) < 4.78 is 10.4. The fraction of sp³-hybridized carbons (Fsp3) is 0.455. The number of aliphatic hydroxyl groups is 1. The maximum atomic E-state index is 9.25. The Balaban J connectivity index is 3.43. The first-order valence-electron chi connectivity index (χ1n) is 4.72. The molecule has 1 rings (SSSR count). The molecule has 0 unspecified atom stereocenters. The highest BCUT2D eigenvalue weighted by atomic mass is 35.5. The Hall–Kier alpha value is -0.930. The van der Waals surface area contributed by atoms with Gasteiger partial charge in [0.15, 0.2) is 11.5 Å². The fourth-order valence-corrected chi connectivity index (χ4v) is 1.84. The van der Waals surface area contributed by atoms with E-state index in [4.69, 9.17) is 21.1 Å². The molecule has 15 heavy (non-hydrogen) atoms. The van der Waals surface area contributed by atoms with Crippen LogP contribution in [0, 0.1) is 0 Å². The van der Waals surface area contributed by atoms with E-state index in [-0.39, 0.29) is 6.61 Å². The van der Waals surface area contributed by atoms with Gasteiger partial charge >= 0.3 is 0 Å². The topological polar surface area (TPSA) is 38.7 Å². The van der Waals surface area contributed by atoms with Gasteiger partial charge in [-0.15, -0.1) is 0 Å². The van der Waals surface area contributed by atoms with Gasteiger partial charge in [-0.05, 0) is 18.1 Å². The predicted molar refractivity (Wildman–Crippen MR) is 59.9 cm³/mol. The Morgan fingerprint density at radius 1 is 1.33 bits per heavy atom. The first-order valence-corrected chi connectivity index (χ1v) is 5.10. The predicted octanol–water partition coefficient (Wildman–Crippen LogP) is 2.41. The second-order valence-corrected chi connectivity index (χ2v) is 3.45. The van der Waals surface area contributed by atoms with Crippen LogP contribution in [-0.4, -0.2) is 19.3 Å². The molecule has 0 fully saturated rings. The van der Waals surface area contributed by atoms with E-state index in [0.29, 0.717) is 22.1 Å². The van der Waals surface area contributed by atoms with Crippen molar-refractivity contribution in [2.45, 2.75) is 20.0 Å². The molecule has 0 radical (unpaired) electrons. The number of ether oxygens (including phenoxy) is 2. The third-order valence-electron chi connectivity index (χ3n) is 2.31. The van der Waals surface area contributed by atoms with Crippen molar-refractivity contribution in [2.75, 3.05) is 14.2 Å². The Kier molecular flexibility index (Phi) is 4.24. The number of aryl methyl sites for hydroxylation is 1. The summed E-state index contributed by atoms with van der Waals surface area (Å²) in [6, 6.07) is 1.83. The van der Waals surface area contributed by atoms with Gasteiger partial charge in [0.1, 0.15) is 0 Å². The summed E-state index contributed by atoms with van der Waals surface area (Å²) >= 11 is 6.13. The molecule has 3 nitrogen and oxygen atoms in total. The molecule has 84 valence electrons.